The maximum atomic E-state index is 2.32. The summed E-state index contributed by atoms with van der Waals surface area (Å²) in [6.07, 6.45) is 6.69. The van der Waals surface area contributed by atoms with Gasteiger partial charge in [0.15, 0.2) is 0 Å². The lowest BCUT2D eigenvalue weighted by Crippen LogP contribution is -2.35. The van der Waals surface area contributed by atoms with E-state index in [2.05, 4.69) is 159 Å². The monoisotopic (exact) mass is 503 g/mol. The first-order valence-corrected chi connectivity index (χ1v) is 14.6. The molecule has 5 rings (SSSR count). The van der Waals surface area contributed by atoms with Crippen molar-refractivity contribution in [2.45, 2.75) is 46.1 Å². The Kier molecular flexibility index (Phi) is 7.68. The molecule has 0 atom stereocenters. The van der Waals surface area contributed by atoms with Crippen LogP contribution in [0, 0.1) is 0 Å². The lowest BCUT2D eigenvalue weighted by Gasteiger charge is -2.21. The molecule has 0 radical (unpaired) electrons. The molecule has 0 bridgehead atoms. The van der Waals surface area contributed by atoms with Gasteiger partial charge in [0.25, 0.3) is 0 Å². The number of rotatable bonds is 8. The first-order valence-electron chi connectivity index (χ1n) is 13.2. The molecule has 0 aliphatic carbocycles. The van der Waals surface area contributed by atoms with E-state index in [1.165, 1.54) is 38.3 Å². The summed E-state index contributed by atoms with van der Waals surface area (Å²) in [4.78, 5) is 0. The fraction of sp³-hybridized carbons (Fsp3) is 0.206. The zero-order chi connectivity index (χ0) is 25.8. The third-order valence-corrected chi connectivity index (χ3v) is 9.45. The van der Waals surface area contributed by atoms with E-state index < -0.39 is 7.92 Å². The molecule has 0 aliphatic heterocycles. The predicted octanol–water partition coefficient (Wildman–Crippen LogP) is 6.82. The van der Waals surface area contributed by atoms with Crippen LogP contribution in [-0.4, -0.2) is 4.57 Å². The Morgan fingerprint density at radius 1 is 0.649 bits per heavy atom. The second kappa shape index (κ2) is 11.3. The van der Waals surface area contributed by atoms with Crippen molar-refractivity contribution in [1.82, 2.24) is 4.57 Å². The van der Waals surface area contributed by atoms with Gasteiger partial charge in [-0.15, -0.1) is 0 Å². The minimum Gasteiger partial charge on any atom is -0.232 e. The Balaban J connectivity index is 1.55. The summed E-state index contributed by atoms with van der Waals surface area (Å²) in [6, 6.07) is 37.7. The molecule has 0 amide bonds. The number of benzene rings is 4. The van der Waals surface area contributed by atoms with Gasteiger partial charge in [-0.25, -0.2) is 9.13 Å². The van der Waals surface area contributed by atoms with Crippen LogP contribution < -0.4 is 20.5 Å². The second-order valence-corrected chi connectivity index (χ2v) is 12.4. The van der Waals surface area contributed by atoms with E-state index in [9.17, 15) is 0 Å². The molecule has 0 spiro atoms. The van der Waals surface area contributed by atoms with E-state index >= 15 is 0 Å². The maximum absolute atomic E-state index is 2.32. The molecule has 186 valence electrons. The molecule has 0 fully saturated rings. The van der Waals surface area contributed by atoms with Gasteiger partial charge >= 0.3 is 0 Å². The van der Waals surface area contributed by atoms with Gasteiger partial charge < -0.3 is 0 Å². The molecule has 2 nitrogen and oxygen atoms in total. The van der Waals surface area contributed by atoms with Crippen molar-refractivity contribution < 1.29 is 4.57 Å². The van der Waals surface area contributed by atoms with Crippen molar-refractivity contribution in [2.75, 3.05) is 0 Å². The summed E-state index contributed by atoms with van der Waals surface area (Å²) >= 11 is 0. The first-order chi connectivity index (χ1) is 18.0. The van der Waals surface area contributed by atoms with Crippen molar-refractivity contribution >= 4 is 23.8 Å². The summed E-state index contributed by atoms with van der Waals surface area (Å²) < 4.78 is 4.65. The zero-order valence-electron chi connectivity index (χ0n) is 22.3. The molecule has 1 heterocycles. The van der Waals surface area contributed by atoms with E-state index in [-0.39, 0.29) is 0 Å². The molecule has 0 N–H and O–H groups in total. The lowest BCUT2D eigenvalue weighted by molar-refractivity contribution is -0.687. The average Bonchev–Trinajstić information content (AvgIpc) is 3.38. The van der Waals surface area contributed by atoms with Gasteiger partial charge in [-0.1, -0.05) is 131 Å². The summed E-state index contributed by atoms with van der Waals surface area (Å²) in [7, 11) is -0.648. The average molecular weight is 504 g/mol. The Morgan fingerprint density at radius 3 is 1.76 bits per heavy atom. The minimum atomic E-state index is -0.648. The van der Waals surface area contributed by atoms with E-state index in [1.54, 1.807) is 0 Å². The van der Waals surface area contributed by atoms with Crippen LogP contribution in [0.15, 0.2) is 122 Å². The molecule has 37 heavy (non-hydrogen) atoms. The van der Waals surface area contributed by atoms with E-state index in [0.29, 0.717) is 11.8 Å². The largest absolute Gasteiger partial charge is 0.249 e. The number of aromatic nitrogens is 2. The topological polar surface area (TPSA) is 8.81 Å². The molecule has 0 aliphatic rings. The van der Waals surface area contributed by atoms with Crippen LogP contribution in [0.1, 0.15) is 56.2 Å². The van der Waals surface area contributed by atoms with E-state index in [0.717, 1.165) is 6.54 Å². The van der Waals surface area contributed by atoms with Crippen LogP contribution in [-0.2, 0) is 6.54 Å². The number of imidazole rings is 1. The molecule has 0 unspecified atom stereocenters. The van der Waals surface area contributed by atoms with Gasteiger partial charge in [0.2, 0.25) is 6.33 Å². The van der Waals surface area contributed by atoms with Crippen LogP contribution in [0.3, 0.4) is 0 Å². The zero-order valence-corrected chi connectivity index (χ0v) is 23.1. The summed E-state index contributed by atoms with van der Waals surface area (Å²) in [5.41, 5.74) is 5.48. The van der Waals surface area contributed by atoms with Gasteiger partial charge in [-0.3, -0.25) is 0 Å². The fourth-order valence-electron chi connectivity index (χ4n) is 5.07. The molecule has 0 saturated heterocycles. The van der Waals surface area contributed by atoms with Crippen LogP contribution in [0.4, 0.5) is 0 Å². The third kappa shape index (κ3) is 5.45. The fourth-order valence-corrected chi connectivity index (χ4v) is 7.53. The van der Waals surface area contributed by atoms with Crippen molar-refractivity contribution in [1.29, 1.82) is 0 Å². The molecular formula is C34H36N2P+. The maximum Gasteiger partial charge on any atom is 0.249 e. The number of hydrogen-bond acceptors (Lipinski definition) is 0. The van der Waals surface area contributed by atoms with Crippen LogP contribution in [0.25, 0.3) is 5.69 Å². The molecule has 4 aromatic carbocycles. The highest BCUT2D eigenvalue weighted by atomic mass is 31.1. The number of para-hydroxylation sites is 1. The van der Waals surface area contributed by atoms with Crippen molar-refractivity contribution in [2.24, 2.45) is 0 Å². The van der Waals surface area contributed by atoms with Crippen LogP contribution in [0.5, 0.6) is 0 Å². The summed E-state index contributed by atoms with van der Waals surface area (Å²) in [6.45, 7) is 9.97. The number of hydrogen-bond donors (Lipinski definition) is 0. The SMILES string of the molecule is CC(C)c1cccc(C(C)C)c1-n1cc[n+](Cc2ccccc2P(c2ccccc2)c2ccccc2)c1. The molecule has 1 aromatic heterocycles. The molecule has 3 heteroatoms. The lowest BCUT2D eigenvalue weighted by atomic mass is 9.92. The van der Waals surface area contributed by atoms with Gasteiger partial charge in [-0.2, -0.15) is 0 Å². The van der Waals surface area contributed by atoms with Gasteiger partial charge in [0.05, 0.1) is 0 Å². The normalized spacial score (nSPS) is 11.5. The van der Waals surface area contributed by atoms with E-state index in [4.69, 9.17) is 0 Å². The standard InChI is InChI=1S/C34H36N2P/c1-26(2)31-19-13-20-32(27(3)4)34(31)36-23-22-35(25-36)24-28-14-11-12-21-33(28)37(29-15-7-5-8-16-29)30-17-9-6-10-18-30/h5-23,25-27H,24H2,1-4H3/q+1. The van der Waals surface area contributed by atoms with Crippen LogP contribution in [0.2, 0.25) is 0 Å². The second-order valence-electron chi connectivity index (χ2n) is 10.2. The van der Waals surface area contributed by atoms with Crippen molar-refractivity contribution in [3.8, 4) is 5.69 Å². The highest BCUT2D eigenvalue weighted by Gasteiger charge is 2.22. The molecule has 0 saturated carbocycles. The Labute approximate surface area is 223 Å². The van der Waals surface area contributed by atoms with E-state index in [1.807, 2.05) is 0 Å². The smallest absolute Gasteiger partial charge is 0.232 e. The van der Waals surface area contributed by atoms with Crippen molar-refractivity contribution in [3.63, 3.8) is 0 Å². The predicted molar refractivity (Wildman–Crippen MR) is 158 cm³/mol. The van der Waals surface area contributed by atoms with Crippen molar-refractivity contribution in [3.05, 3.63) is 139 Å². The highest BCUT2D eigenvalue weighted by molar-refractivity contribution is 7.79. The number of nitrogens with zero attached hydrogens (tertiary/aromatic N) is 2. The quantitative estimate of drug-likeness (QED) is 0.162. The third-order valence-electron chi connectivity index (χ3n) is 6.91. The minimum absolute atomic E-state index is 0.463. The Morgan fingerprint density at radius 2 is 1.19 bits per heavy atom. The Hall–Kier alpha value is -3.48. The highest BCUT2D eigenvalue weighted by Crippen LogP contribution is 2.34. The van der Waals surface area contributed by atoms with Gasteiger partial charge in [0, 0.05) is 16.7 Å². The molecular weight excluding hydrogens is 467 g/mol. The first kappa shape index (κ1) is 25.2. The van der Waals surface area contributed by atoms with Crippen LogP contribution >= 0.6 is 7.92 Å². The summed E-state index contributed by atoms with van der Waals surface area (Å²) in [5.74, 6) is 0.927. The summed E-state index contributed by atoms with van der Waals surface area (Å²) in [5, 5.41) is 4.18. The Bertz CT molecular complexity index is 1390. The van der Waals surface area contributed by atoms with Gasteiger partial charge in [0.1, 0.15) is 24.6 Å². The molecule has 5 aromatic rings. The van der Waals surface area contributed by atoms with Gasteiger partial charge in [-0.05, 0) is 35.7 Å².